The zero-order valence-corrected chi connectivity index (χ0v) is 17.1. The van der Waals surface area contributed by atoms with Crippen molar-refractivity contribution in [3.63, 3.8) is 0 Å². The Bertz CT molecular complexity index is 1040. The number of aromatic nitrogens is 1. The van der Waals surface area contributed by atoms with Crippen LogP contribution in [-0.2, 0) is 13.6 Å². The lowest BCUT2D eigenvalue weighted by atomic mass is 10.2. The van der Waals surface area contributed by atoms with Gasteiger partial charge in [0, 0.05) is 19.0 Å². The highest BCUT2D eigenvalue weighted by atomic mass is 35.5. The lowest BCUT2D eigenvalue weighted by Gasteiger charge is -2.12. The lowest BCUT2D eigenvalue weighted by Crippen LogP contribution is -2.29. The lowest BCUT2D eigenvalue weighted by molar-refractivity contribution is 0.0969. The van der Waals surface area contributed by atoms with E-state index in [2.05, 4.69) is 10.2 Å². The van der Waals surface area contributed by atoms with Crippen molar-refractivity contribution in [2.45, 2.75) is 13.5 Å². The highest BCUT2D eigenvalue weighted by molar-refractivity contribution is 6.36. The first kappa shape index (κ1) is 19.9. The van der Waals surface area contributed by atoms with Gasteiger partial charge in [0.2, 0.25) is 0 Å². The quantitative estimate of drug-likeness (QED) is 0.494. The summed E-state index contributed by atoms with van der Waals surface area (Å²) in [5, 5.41) is 11.2. The third kappa shape index (κ3) is 4.18. The number of amides is 1. The second kappa shape index (κ2) is 8.04. The van der Waals surface area contributed by atoms with Gasteiger partial charge in [0.1, 0.15) is 11.4 Å². The molecule has 0 aliphatic carbocycles. The van der Waals surface area contributed by atoms with Crippen LogP contribution < -0.4 is 10.1 Å². The number of fused-ring (bicyclic) bond motifs is 1. The normalized spacial score (nSPS) is 11.1. The summed E-state index contributed by atoms with van der Waals surface area (Å²) in [6.45, 7) is 2.37. The van der Waals surface area contributed by atoms with Crippen molar-refractivity contribution in [3.05, 3.63) is 58.7 Å². The van der Waals surface area contributed by atoms with Gasteiger partial charge in [-0.2, -0.15) is 0 Å². The highest BCUT2D eigenvalue weighted by Crippen LogP contribution is 2.36. The van der Waals surface area contributed by atoms with Crippen LogP contribution in [0.2, 0.25) is 5.02 Å². The fourth-order valence-corrected chi connectivity index (χ4v) is 3.30. The van der Waals surface area contributed by atoms with Crippen molar-refractivity contribution >= 4 is 34.2 Å². The third-order valence-corrected chi connectivity index (χ3v) is 4.62. The van der Waals surface area contributed by atoms with Gasteiger partial charge in [-0.15, -0.1) is 0 Å². The van der Waals surface area contributed by atoms with Crippen LogP contribution >= 0.6 is 11.6 Å². The first-order chi connectivity index (χ1) is 13.3. The number of nitrogens with one attached hydrogen (secondary N) is 2. The minimum atomic E-state index is -0.360. The van der Waals surface area contributed by atoms with Crippen LogP contribution in [0.4, 0.5) is 0 Å². The van der Waals surface area contributed by atoms with E-state index in [1.54, 1.807) is 29.8 Å². The molecule has 0 aliphatic rings. The van der Waals surface area contributed by atoms with Gasteiger partial charge >= 0.3 is 0 Å². The molecule has 2 N–H and O–H groups in total. The van der Waals surface area contributed by atoms with E-state index in [0.29, 0.717) is 22.2 Å². The molecule has 28 heavy (non-hydrogen) atoms. The number of carbonyl (C=O) groups is 1. The summed E-state index contributed by atoms with van der Waals surface area (Å²) in [4.78, 5) is 14.5. The number of aryl methyl sites for hydroxylation is 1. The maximum Gasteiger partial charge on any atom is 0.273 e. The number of halogens is 1. The molecule has 0 aliphatic heterocycles. The molecule has 0 unspecified atom stereocenters. The van der Waals surface area contributed by atoms with Crippen LogP contribution in [0.15, 0.2) is 42.5 Å². The van der Waals surface area contributed by atoms with Crippen LogP contribution in [0.1, 0.15) is 23.0 Å². The fourth-order valence-electron chi connectivity index (χ4n) is 3.09. The van der Waals surface area contributed by atoms with Crippen molar-refractivity contribution in [2.75, 3.05) is 14.1 Å². The SMILES string of the molecule is CC(=N)NC(=O)c1cc2c(Cl)ccc(Oc3ccc(CN(C)C)cc3)c2n1C. The molecular formula is C21H23ClN4O2. The standard InChI is InChI=1S/C21H23ClN4O2/c1-13(23)24-21(27)18-11-16-17(22)9-10-19(20(16)26(18)4)28-15-7-5-14(6-8-15)12-25(2)3/h5-11H,12H2,1-4H3,(H2,23,24,27). The van der Waals surface area contributed by atoms with E-state index in [0.717, 1.165) is 17.4 Å². The Balaban J connectivity index is 1.97. The molecule has 3 aromatic rings. The van der Waals surface area contributed by atoms with Gasteiger partial charge in [0.05, 0.1) is 16.4 Å². The van der Waals surface area contributed by atoms with E-state index in [9.17, 15) is 4.79 Å². The molecular weight excluding hydrogens is 376 g/mol. The van der Waals surface area contributed by atoms with E-state index >= 15 is 0 Å². The molecule has 0 bridgehead atoms. The number of benzene rings is 2. The molecule has 0 saturated carbocycles. The van der Waals surface area contributed by atoms with Crippen LogP contribution in [0.3, 0.4) is 0 Å². The van der Waals surface area contributed by atoms with Gasteiger partial charge in [0.25, 0.3) is 5.91 Å². The zero-order chi connectivity index (χ0) is 20.4. The molecule has 3 rings (SSSR count). The van der Waals surface area contributed by atoms with E-state index in [1.165, 1.54) is 12.5 Å². The predicted molar refractivity (Wildman–Crippen MR) is 113 cm³/mol. The largest absolute Gasteiger partial charge is 0.455 e. The average Bonchev–Trinajstić information content (AvgIpc) is 2.97. The predicted octanol–water partition coefficient (Wildman–Crippen LogP) is 4.41. The summed E-state index contributed by atoms with van der Waals surface area (Å²) < 4.78 is 7.83. The first-order valence-electron chi connectivity index (χ1n) is 8.82. The van der Waals surface area contributed by atoms with E-state index < -0.39 is 0 Å². The minimum Gasteiger partial charge on any atom is -0.455 e. The number of hydrogen-bond donors (Lipinski definition) is 2. The van der Waals surface area contributed by atoms with Gasteiger partial charge in [0.15, 0.2) is 5.75 Å². The fraction of sp³-hybridized carbons (Fsp3) is 0.238. The third-order valence-electron chi connectivity index (χ3n) is 4.29. The van der Waals surface area contributed by atoms with Crippen LogP contribution in [0, 0.1) is 5.41 Å². The zero-order valence-electron chi connectivity index (χ0n) is 16.3. The molecule has 0 fully saturated rings. The molecule has 6 nitrogen and oxygen atoms in total. The first-order valence-corrected chi connectivity index (χ1v) is 9.20. The maximum atomic E-state index is 12.4. The van der Waals surface area contributed by atoms with Gasteiger partial charge in [-0.1, -0.05) is 23.7 Å². The molecule has 0 radical (unpaired) electrons. The number of hydrogen-bond acceptors (Lipinski definition) is 4. The Morgan fingerprint density at radius 2 is 1.89 bits per heavy atom. The molecule has 0 spiro atoms. The molecule has 1 aromatic heterocycles. The van der Waals surface area contributed by atoms with Crippen molar-refractivity contribution < 1.29 is 9.53 Å². The Hall–Kier alpha value is -2.83. The van der Waals surface area contributed by atoms with Crippen molar-refractivity contribution in [3.8, 4) is 11.5 Å². The summed E-state index contributed by atoms with van der Waals surface area (Å²) in [6, 6.07) is 13.2. The second-order valence-electron chi connectivity index (χ2n) is 6.96. The number of amidine groups is 1. The number of rotatable bonds is 5. The Morgan fingerprint density at radius 1 is 1.21 bits per heavy atom. The Labute approximate surface area is 169 Å². The highest BCUT2D eigenvalue weighted by Gasteiger charge is 2.19. The summed E-state index contributed by atoms with van der Waals surface area (Å²) in [5.74, 6) is 1.03. The van der Waals surface area contributed by atoms with Crippen molar-refractivity contribution in [1.82, 2.24) is 14.8 Å². The van der Waals surface area contributed by atoms with E-state index in [4.69, 9.17) is 21.7 Å². The van der Waals surface area contributed by atoms with Crippen LogP contribution in [-0.4, -0.2) is 35.3 Å². The minimum absolute atomic E-state index is 0.0793. The maximum absolute atomic E-state index is 12.4. The molecule has 1 heterocycles. The number of nitrogens with zero attached hydrogens (tertiary/aromatic N) is 2. The molecule has 146 valence electrons. The molecule has 2 aromatic carbocycles. The topological polar surface area (TPSA) is 70.3 Å². The summed E-state index contributed by atoms with van der Waals surface area (Å²) >= 11 is 6.35. The van der Waals surface area contributed by atoms with Crippen LogP contribution in [0.25, 0.3) is 10.9 Å². The average molecular weight is 399 g/mol. The molecule has 7 heteroatoms. The molecule has 1 amide bonds. The Kier molecular flexibility index (Phi) is 5.72. The van der Waals surface area contributed by atoms with E-state index in [1.807, 2.05) is 38.4 Å². The monoisotopic (exact) mass is 398 g/mol. The van der Waals surface area contributed by atoms with E-state index in [-0.39, 0.29) is 11.7 Å². The Morgan fingerprint density at radius 3 is 2.50 bits per heavy atom. The second-order valence-corrected chi connectivity index (χ2v) is 7.37. The van der Waals surface area contributed by atoms with Gasteiger partial charge in [-0.25, -0.2) is 0 Å². The number of ether oxygens (including phenoxy) is 1. The smallest absolute Gasteiger partial charge is 0.273 e. The van der Waals surface area contributed by atoms with Gasteiger partial charge in [-0.3, -0.25) is 10.2 Å². The van der Waals surface area contributed by atoms with Crippen molar-refractivity contribution in [2.24, 2.45) is 7.05 Å². The summed E-state index contributed by atoms with van der Waals surface area (Å²) in [5.41, 5.74) is 2.32. The molecule has 0 saturated heterocycles. The number of carbonyl (C=O) groups excluding carboxylic acids is 1. The van der Waals surface area contributed by atoms with Gasteiger partial charge < -0.3 is 19.5 Å². The van der Waals surface area contributed by atoms with Gasteiger partial charge in [-0.05, 0) is 56.9 Å². The summed E-state index contributed by atoms with van der Waals surface area (Å²) in [7, 11) is 5.83. The van der Waals surface area contributed by atoms with Crippen LogP contribution in [0.5, 0.6) is 11.5 Å². The summed E-state index contributed by atoms with van der Waals surface area (Å²) in [6.07, 6.45) is 0. The molecule has 0 atom stereocenters. The van der Waals surface area contributed by atoms with Crippen molar-refractivity contribution in [1.29, 1.82) is 5.41 Å².